The number of aliphatic imine (C=N–C) groups is 2. The maximum Gasteiger partial charge on any atom is 0.200 e. The zero-order chi connectivity index (χ0) is 19.1. The van der Waals surface area contributed by atoms with E-state index >= 15 is 0 Å². The predicted octanol–water partition coefficient (Wildman–Crippen LogP) is 2.02. The van der Waals surface area contributed by atoms with Gasteiger partial charge in [0.2, 0.25) is 5.96 Å². The molecule has 4 rings (SSSR count). The van der Waals surface area contributed by atoms with Gasteiger partial charge in [-0.1, -0.05) is 11.6 Å². The fourth-order valence-electron chi connectivity index (χ4n) is 3.60. The second-order valence-electron chi connectivity index (χ2n) is 6.85. The van der Waals surface area contributed by atoms with Crippen LogP contribution in [0.25, 0.3) is 0 Å². The predicted molar refractivity (Wildman–Crippen MR) is 106 cm³/mol. The van der Waals surface area contributed by atoms with E-state index in [-0.39, 0.29) is 11.1 Å². The molecule has 142 valence electrons. The second kappa shape index (κ2) is 6.86. The van der Waals surface area contributed by atoms with Crippen molar-refractivity contribution in [1.29, 1.82) is 0 Å². The van der Waals surface area contributed by atoms with E-state index in [0.29, 0.717) is 23.2 Å². The Hall–Kier alpha value is -2.58. The molecule has 1 aromatic rings. The molecule has 1 aromatic carbocycles. The quantitative estimate of drug-likeness (QED) is 0.808. The molecule has 0 aromatic heterocycles. The average Bonchev–Trinajstić information content (AvgIpc) is 2.66. The number of piperidine rings is 1. The number of hydrogen-bond acceptors (Lipinski definition) is 7. The van der Waals surface area contributed by atoms with Crippen LogP contribution in [0.3, 0.4) is 0 Å². The second-order valence-corrected chi connectivity index (χ2v) is 7.26. The molecule has 0 amide bonds. The summed E-state index contributed by atoms with van der Waals surface area (Å²) < 4.78 is 13.5. The molecule has 0 spiro atoms. The van der Waals surface area contributed by atoms with Crippen LogP contribution in [0.15, 0.2) is 51.6 Å². The zero-order valence-electron chi connectivity index (χ0n) is 14.9. The summed E-state index contributed by atoms with van der Waals surface area (Å²) in [5.74, 6) is 0.374. The lowest BCUT2D eigenvalue weighted by atomic mass is 10.0. The van der Waals surface area contributed by atoms with E-state index in [2.05, 4.69) is 21.9 Å². The van der Waals surface area contributed by atoms with Gasteiger partial charge in [0.05, 0.1) is 16.9 Å². The first-order chi connectivity index (χ1) is 13.0. The van der Waals surface area contributed by atoms with Gasteiger partial charge in [-0.15, -0.1) is 0 Å². The molecule has 0 atom stereocenters. The van der Waals surface area contributed by atoms with E-state index in [9.17, 15) is 4.39 Å². The molecule has 0 aliphatic carbocycles. The minimum atomic E-state index is -0.483. The number of anilines is 1. The molecule has 9 heteroatoms. The first-order valence-corrected chi connectivity index (χ1v) is 9.13. The van der Waals surface area contributed by atoms with E-state index in [0.717, 1.165) is 31.6 Å². The zero-order valence-corrected chi connectivity index (χ0v) is 15.7. The van der Waals surface area contributed by atoms with E-state index in [1.54, 1.807) is 23.5 Å². The van der Waals surface area contributed by atoms with Gasteiger partial charge in [-0.3, -0.25) is 4.90 Å². The molecule has 0 bridgehead atoms. The number of fused-ring (bicyclic) bond motifs is 1. The van der Waals surface area contributed by atoms with Gasteiger partial charge in [0, 0.05) is 6.04 Å². The maximum absolute atomic E-state index is 13.5. The fourth-order valence-corrected chi connectivity index (χ4v) is 3.77. The van der Waals surface area contributed by atoms with Crippen molar-refractivity contribution in [2.24, 2.45) is 21.5 Å². The molecule has 0 unspecified atom stereocenters. The summed E-state index contributed by atoms with van der Waals surface area (Å²) >= 11 is 5.94. The molecule has 7 nitrogen and oxygen atoms in total. The molecule has 3 heterocycles. The van der Waals surface area contributed by atoms with Gasteiger partial charge in [-0.25, -0.2) is 14.4 Å². The molecular weight excluding hydrogens is 369 g/mol. The number of halogens is 2. The normalized spacial score (nSPS) is 21.3. The van der Waals surface area contributed by atoms with Gasteiger partial charge in [0.25, 0.3) is 0 Å². The van der Waals surface area contributed by atoms with Crippen LogP contribution >= 0.6 is 11.6 Å². The van der Waals surface area contributed by atoms with Crippen LogP contribution in [0.1, 0.15) is 12.8 Å². The Morgan fingerprint density at radius 2 is 1.96 bits per heavy atom. The van der Waals surface area contributed by atoms with E-state index < -0.39 is 5.82 Å². The molecule has 3 aliphatic rings. The Morgan fingerprint density at radius 3 is 2.67 bits per heavy atom. The first-order valence-electron chi connectivity index (χ1n) is 8.75. The van der Waals surface area contributed by atoms with Crippen molar-refractivity contribution in [3.63, 3.8) is 0 Å². The number of nitrogens with zero attached hydrogens (tertiary/aromatic N) is 5. The highest BCUT2D eigenvalue weighted by Crippen LogP contribution is 2.34. The molecule has 0 radical (unpaired) electrons. The van der Waals surface area contributed by atoms with Crippen molar-refractivity contribution in [3.05, 3.63) is 52.5 Å². The molecule has 4 N–H and O–H groups in total. The smallest absolute Gasteiger partial charge is 0.200 e. The molecule has 1 fully saturated rings. The topological polar surface area (TPSA) is 86.5 Å². The summed E-state index contributed by atoms with van der Waals surface area (Å²) in [7, 11) is 2.10. The summed E-state index contributed by atoms with van der Waals surface area (Å²) in [6.45, 7) is 1.95. The molecule has 3 aliphatic heterocycles. The highest BCUT2D eigenvalue weighted by molar-refractivity contribution is 6.31. The van der Waals surface area contributed by atoms with E-state index in [1.165, 1.54) is 12.1 Å². The van der Waals surface area contributed by atoms with Gasteiger partial charge in [-0.2, -0.15) is 0 Å². The summed E-state index contributed by atoms with van der Waals surface area (Å²) in [6, 6.07) is 4.62. The van der Waals surface area contributed by atoms with Gasteiger partial charge in [0.15, 0.2) is 0 Å². The number of likely N-dealkylation sites (tertiary alicyclic amines) is 1. The lowest BCUT2D eigenvalue weighted by Crippen LogP contribution is -2.52. The van der Waals surface area contributed by atoms with Crippen LogP contribution in [0.5, 0.6) is 0 Å². The largest absolute Gasteiger partial charge is 0.383 e. The molecule has 1 saturated heterocycles. The van der Waals surface area contributed by atoms with Gasteiger partial charge < -0.3 is 21.3 Å². The maximum atomic E-state index is 13.5. The summed E-state index contributed by atoms with van der Waals surface area (Å²) in [4.78, 5) is 14.7. The van der Waals surface area contributed by atoms with E-state index in [1.807, 2.05) is 4.90 Å². The van der Waals surface area contributed by atoms with Crippen molar-refractivity contribution >= 4 is 29.6 Å². The third kappa shape index (κ3) is 3.15. The van der Waals surface area contributed by atoms with Crippen LogP contribution in [-0.4, -0.2) is 48.3 Å². The van der Waals surface area contributed by atoms with Crippen LogP contribution in [-0.2, 0) is 0 Å². The standard InChI is InChI=1S/C18H21ClFN7/c1-25-6-4-11(5-7-25)27-16-15(9-23-18(27)22)24-10-26(17(16)21)12-2-3-14(20)13(19)8-12/h2-3,8-11H,4-7,21H2,1H3,(H2,22,23). The summed E-state index contributed by atoms with van der Waals surface area (Å²) in [5.41, 5.74) is 14.7. The Balaban J connectivity index is 1.73. The Kier molecular flexibility index (Phi) is 4.53. The minimum absolute atomic E-state index is 0.0249. The van der Waals surface area contributed by atoms with Crippen molar-refractivity contribution < 1.29 is 4.39 Å². The molecule has 27 heavy (non-hydrogen) atoms. The monoisotopic (exact) mass is 389 g/mol. The third-order valence-corrected chi connectivity index (χ3v) is 5.39. The van der Waals surface area contributed by atoms with Crippen LogP contribution in [0.2, 0.25) is 5.02 Å². The summed E-state index contributed by atoms with van der Waals surface area (Å²) in [5, 5.41) is 0.0249. The third-order valence-electron chi connectivity index (χ3n) is 5.10. The number of guanidine groups is 1. The average molecular weight is 390 g/mol. The van der Waals surface area contributed by atoms with Gasteiger partial charge in [-0.05, 0) is 51.2 Å². The number of nitrogens with two attached hydrogens (primary N) is 2. The van der Waals surface area contributed by atoms with E-state index in [4.69, 9.17) is 23.1 Å². The number of hydrogen-bond donors (Lipinski definition) is 2. The lowest BCUT2D eigenvalue weighted by molar-refractivity contribution is 0.194. The van der Waals surface area contributed by atoms with Crippen molar-refractivity contribution in [3.8, 4) is 0 Å². The van der Waals surface area contributed by atoms with Crippen molar-refractivity contribution in [2.45, 2.75) is 18.9 Å². The minimum Gasteiger partial charge on any atom is -0.383 e. The number of rotatable bonds is 2. The van der Waals surface area contributed by atoms with Crippen LogP contribution < -0.4 is 16.4 Å². The summed E-state index contributed by atoms with van der Waals surface area (Å²) in [6.07, 6.45) is 5.10. The Bertz CT molecular complexity index is 884. The SMILES string of the molecule is CN1CCC(N2C(N)=NC=C3N=CN(c4ccc(F)c(Cl)c4)C(N)=C32)CC1. The highest BCUT2D eigenvalue weighted by atomic mass is 35.5. The highest BCUT2D eigenvalue weighted by Gasteiger charge is 2.35. The van der Waals surface area contributed by atoms with Gasteiger partial charge in [0.1, 0.15) is 29.4 Å². The molecule has 0 saturated carbocycles. The van der Waals surface area contributed by atoms with Crippen molar-refractivity contribution in [1.82, 2.24) is 9.80 Å². The van der Waals surface area contributed by atoms with Crippen LogP contribution in [0.4, 0.5) is 10.1 Å². The van der Waals surface area contributed by atoms with Gasteiger partial charge >= 0.3 is 0 Å². The number of benzene rings is 1. The van der Waals surface area contributed by atoms with Crippen molar-refractivity contribution in [2.75, 3.05) is 25.0 Å². The first kappa shape index (κ1) is 17.8. The Morgan fingerprint density at radius 1 is 1.22 bits per heavy atom. The van der Waals surface area contributed by atoms with Crippen LogP contribution in [0, 0.1) is 5.82 Å². The Labute approximate surface area is 162 Å². The lowest BCUT2D eigenvalue weighted by Gasteiger charge is -2.42. The molecular formula is C18H21ClFN7. The fraction of sp³-hybridized carbons (Fsp3) is 0.333.